The smallest absolute Gasteiger partial charge is 0.200 e. The molecular formula is C14H20N2O. The number of nitrogens with two attached hydrogens (primary N) is 1. The second kappa shape index (κ2) is 3.35. The van der Waals surface area contributed by atoms with Crippen LogP contribution in [-0.4, -0.2) is 4.98 Å². The van der Waals surface area contributed by atoms with E-state index in [0.29, 0.717) is 6.54 Å². The Bertz CT molecular complexity index is 402. The Morgan fingerprint density at radius 1 is 1.18 bits per heavy atom. The molecule has 5 rings (SSSR count). The van der Waals surface area contributed by atoms with Crippen molar-refractivity contribution < 1.29 is 4.42 Å². The molecule has 1 aromatic rings. The second-order valence-corrected chi connectivity index (χ2v) is 6.53. The van der Waals surface area contributed by atoms with Gasteiger partial charge in [0.2, 0.25) is 5.89 Å². The van der Waals surface area contributed by atoms with E-state index in [2.05, 4.69) is 4.98 Å². The highest BCUT2D eigenvalue weighted by atomic mass is 16.4. The number of rotatable bonds is 2. The lowest BCUT2D eigenvalue weighted by Crippen LogP contribution is -2.48. The maximum atomic E-state index is 5.88. The minimum atomic E-state index is 0.280. The van der Waals surface area contributed by atoms with Crippen LogP contribution in [0, 0.1) is 17.8 Å². The van der Waals surface area contributed by atoms with Crippen LogP contribution in [-0.2, 0) is 12.0 Å². The van der Waals surface area contributed by atoms with E-state index in [0.717, 1.165) is 29.4 Å². The lowest BCUT2D eigenvalue weighted by atomic mass is 9.49. The number of nitrogens with zero attached hydrogens (tertiary/aromatic N) is 1. The van der Waals surface area contributed by atoms with Crippen molar-refractivity contribution in [3.8, 4) is 0 Å². The fourth-order valence-corrected chi connectivity index (χ4v) is 5.02. The molecule has 0 aromatic carbocycles. The van der Waals surface area contributed by atoms with Gasteiger partial charge >= 0.3 is 0 Å². The first-order valence-electron chi connectivity index (χ1n) is 6.93. The molecule has 0 saturated heterocycles. The van der Waals surface area contributed by atoms with E-state index in [4.69, 9.17) is 10.2 Å². The van der Waals surface area contributed by atoms with Crippen molar-refractivity contribution in [2.75, 3.05) is 0 Å². The monoisotopic (exact) mass is 232 g/mol. The van der Waals surface area contributed by atoms with E-state index in [1.54, 1.807) is 0 Å². The molecule has 0 unspecified atom stereocenters. The molecule has 4 bridgehead atoms. The summed E-state index contributed by atoms with van der Waals surface area (Å²) in [6.07, 6.45) is 10.1. The zero-order chi connectivity index (χ0) is 11.5. The predicted molar refractivity (Wildman–Crippen MR) is 64.2 cm³/mol. The highest BCUT2D eigenvalue weighted by Crippen LogP contribution is 2.60. The summed E-state index contributed by atoms with van der Waals surface area (Å²) in [7, 11) is 0. The van der Waals surface area contributed by atoms with Crippen molar-refractivity contribution in [2.45, 2.75) is 50.5 Å². The van der Waals surface area contributed by atoms with Crippen LogP contribution in [0.15, 0.2) is 10.6 Å². The van der Waals surface area contributed by atoms with Gasteiger partial charge in [-0.05, 0) is 56.3 Å². The Morgan fingerprint density at radius 3 is 2.24 bits per heavy atom. The molecule has 3 nitrogen and oxygen atoms in total. The summed E-state index contributed by atoms with van der Waals surface area (Å²) < 4.78 is 5.88. The van der Waals surface area contributed by atoms with Gasteiger partial charge in [0.25, 0.3) is 0 Å². The molecule has 1 heterocycles. The molecule has 0 amide bonds. The zero-order valence-electron chi connectivity index (χ0n) is 10.2. The molecular weight excluding hydrogens is 212 g/mol. The summed E-state index contributed by atoms with van der Waals surface area (Å²) in [6, 6.07) is 0. The molecule has 17 heavy (non-hydrogen) atoms. The van der Waals surface area contributed by atoms with Gasteiger partial charge in [-0.2, -0.15) is 0 Å². The van der Waals surface area contributed by atoms with Gasteiger partial charge in [0.1, 0.15) is 5.76 Å². The predicted octanol–water partition coefficient (Wildman–Crippen LogP) is 2.60. The summed E-state index contributed by atoms with van der Waals surface area (Å²) in [6.45, 7) is 0.472. The molecule has 4 saturated carbocycles. The Labute approximate surface area is 102 Å². The van der Waals surface area contributed by atoms with E-state index < -0.39 is 0 Å². The standard InChI is InChI=1S/C14H20N2O/c15-7-12-8-16-13(17-12)14-4-9-1-10(5-14)3-11(2-9)6-14/h8-11H,1-7,15H2. The van der Waals surface area contributed by atoms with E-state index in [-0.39, 0.29) is 5.41 Å². The van der Waals surface area contributed by atoms with Crippen molar-refractivity contribution in [1.82, 2.24) is 4.98 Å². The van der Waals surface area contributed by atoms with Crippen molar-refractivity contribution in [3.05, 3.63) is 17.8 Å². The molecule has 4 aliphatic rings. The van der Waals surface area contributed by atoms with Gasteiger partial charge in [-0.3, -0.25) is 0 Å². The summed E-state index contributed by atoms with van der Waals surface area (Å²) in [5, 5.41) is 0. The summed E-state index contributed by atoms with van der Waals surface area (Å²) >= 11 is 0. The van der Waals surface area contributed by atoms with Gasteiger partial charge in [0.15, 0.2) is 0 Å². The lowest BCUT2D eigenvalue weighted by molar-refractivity contribution is -0.0181. The molecule has 0 atom stereocenters. The highest BCUT2D eigenvalue weighted by molar-refractivity contribution is 5.16. The molecule has 4 aliphatic carbocycles. The van der Waals surface area contributed by atoms with Gasteiger partial charge in [-0.25, -0.2) is 4.98 Å². The number of hydrogen-bond acceptors (Lipinski definition) is 3. The van der Waals surface area contributed by atoms with Gasteiger partial charge < -0.3 is 10.2 Å². The maximum Gasteiger partial charge on any atom is 0.200 e. The Balaban J connectivity index is 1.72. The summed E-state index contributed by atoms with van der Waals surface area (Å²) in [5.74, 6) is 4.66. The maximum absolute atomic E-state index is 5.88. The Kier molecular flexibility index (Phi) is 1.99. The molecule has 0 aliphatic heterocycles. The average molecular weight is 232 g/mol. The average Bonchev–Trinajstić information content (AvgIpc) is 2.76. The van der Waals surface area contributed by atoms with Crippen LogP contribution in [0.5, 0.6) is 0 Å². The SMILES string of the molecule is NCc1cnc(C23CC4CC(CC(C4)C2)C3)o1. The van der Waals surface area contributed by atoms with Crippen molar-refractivity contribution >= 4 is 0 Å². The number of oxazole rings is 1. The summed E-state index contributed by atoms with van der Waals surface area (Å²) in [5.41, 5.74) is 5.90. The number of hydrogen-bond donors (Lipinski definition) is 1. The second-order valence-electron chi connectivity index (χ2n) is 6.53. The highest BCUT2D eigenvalue weighted by Gasteiger charge is 2.53. The van der Waals surface area contributed by atoms with Crippen molar-refractivity contribution in [2.24, 2.45) is 23.5 Å². The molecule has 0 spiro atoms. The fourth-order valence-electron chi connectivity index (χ4n) is 5.02. The normalized spacial score (nSPS) is 43.2. The third-order valence-electron chi connectivity index (χ3n) is 5.25. The van der Waals surface area contributed by atoms with Gasteiger partial charge in [-0.1, -0.05) is 0 Å². The van der Waals surface area contributed by atoms with Gasteiger partial charge in [-0.15, -0.1) is 0 Å². The molecule has 92 valence electrons. The van der Waals surface area contributed by atoms with Crippen LogP contribution in [0.1, 0.15) is 50.2 Å². The molecule has 1 aromatic heterocycles. The van der Waals surface area contributed by atoms with E-state index in [1.807, 2.05) is 6.20 Å². The van der Waals surface area contributed by atoms with Crippen LogP contribution < -0.4 is 5.73 Å². The van der Waals surface area contributed by atoms with Crippen LogP contribution in [0.25, 0.3) is 0 Å². The minimum Gasteiger partial charge on any atom is -0.444 e. The first kappa shape index (κ1) is 10.1. The van der Waals surface area contributed by atoms with E-state index >= 15 is 0 Å². The molecule has 3 heteroatoms. The van der Waals surface area contributed by atoms with Crippen LogP contribution in [0.4, 0.5) is 0 Å². The van der Waals surface area contributed by atoms with Crippen LogP contribution in [0.3, 0.4) is 0 Å². The fraction of sp³-hybridized carbons (Fsp3) is 0.786. The third kappa shape index (κ3) is 1.41. The first-order valence-corrected chi connectivity index (χ1v) is 6.93. The quantitative estimate of drug-likeness (QED) is 0.852. The molecule has 0 radical (unpaired) electrons. The third-order valence-corrected chi connectivity index (χ3v) is 5.25. The molecule has 2 N–H and O–H groups in total. The minimum absolute atomic E-state index is 0.280. The van der Waals surface area contributed by atoms with Crippen molar-refractivity contribution in [3.63, 3.8) is 0 Å². The van der Waals surface area contributed by atoms with Gasteiger partial charge in [0, 0.05) is 5.41 Å². The number of aromatic nitrogens is 1. The first-order chi connectivity index (χ1) is 8.27. The van der Waals surface area contributed by atoms with Crippen molar-refractivity contribution in [1.29, 1.82) is 0 Å². The Hall–Kier alpha value is -0.830. The van der Waals surface area contributed by atoms with Crippen LogP contribution >= 0.6 is 0 Å². The molecule has 4 fully saturated rings. The zero-order valence-corrected chi connectivity index (χ0v) is 10.2. The topological polar surface area (TPSA) is 52.0 Å². The lowest BCUT2D eigenvalue weighted by Gasteiger charge is -2.55. The Morgan fingerprint density at radius 2 is 1.76 bits per heavy atom. The van der Waals surface area contributed by atoms with Crippen LogP contribution in [0.2, 0.25) is 0 Å². The largest absolute Gasteiger partial charge is 0.444 e. The summed E-state index contributed by atoms with van der Waals surface area (Å²) in [4.78, 5) is 4.53. The van der Waals surface area contributed by atoms with Gasteiger partial charge in [0.05, 0.1) is 12.7 Å². The van der Waals surface area contributed by atoms with E-state index in [9.17, 15) is 0 Å². The van der Waals surface area contributed by atoms with E-state index in [1.165, 1.54) is 38.5 Å².